The third-order valence-electron chi connectivity index (χ3n) is 3.92. The Hall–Kier alpha value is -2.73. The lowest BCUT2D eigenvalue weighted by Gasteiger charge is -2.10. The van der Waals surface area contributed by atoms with Crippen LogP contribution < -0.4 is 14.2 Å². The maximum absolute atomic E-state index is 12.1. The predicted octanol–water partition coefficient (Wildman–Crippen LogP) is 4.13. The fourth-order valence-corrected chi connectivity index (χ4v) is 3.25. The van der Waals surface area contributed by atoms with Gasteiger partial charge >= 0.3 is 5.97 Å². The van der Waals surface area contributed by atoms with Crippen LogP contribution in [0.1, 0.15) is 11.1 Å². The highest BCUT2D eigenvalue weighted by molar-refractivity contribution is 9.12. The van der Waals surface area contributed by atoms with Crippen LogP contribution in [0.5, 0.6) is 17.2 Å². The van der Waals surface area contributed by atoms with Gasteiger partial charge in [0.15, 0.2) is 11.5 Å². The Labute approximate surface area is 152 Å². The highest BCUT2D eigenvalue weighted by Crippen LogP contribution is 2.42. The summed E-state index contributed by atoms with van der Waals surface area (Å²) in [5.74, 6) is 2.03. The van der Waals surface area contributed by atoms with Crippen molar-refractivity contribution in [2.45, 2.75) is 0 Å². The van der Waals surface area contributed by atoms with Crippen molar-refractivity contribution in [2.75, 3.05) is 13.9 Å². The lowest BCUT2D eigenvalue weighted by atomic mass is 10.0. The van der Waals surface area contributed by atoms with Gasteiger partial charge in [-0.1, -0.05) is 24.3 Å². The van der Waals surface area contributed by atoms with Crippen molar-refractivity contribution in [2.24, 2.45) is 0 Å². The zero-order valence-corrected chi connectivity index (χ0v) is 14.8. The van der Waals surface area contributed by atoms with E-state index in [9.17, 15) is 4.79 Å². The number of benzene rings is 2. The van der Waals surface area contributed by atoms with E-state index in [1.807, 2.05) is 42.5 Å². The van der Waals surface area contributed by atoms with Crippen molar-refractivity contribution >= 4 is 33.5 Å². The molecule has 2 aromatic carbocycles. The maximum atomic E-state index is 12.1. The molecule has 0 fully saturated rings. The van der Waals surface area contributed by atoms with Crippen molar-refractivity contribution in [1.29, 1.82) is 0 Å². The molecular formula is C19H13BrO5. The molecule has 126 valence electrons. The first kappa shape index (κ1) is 15.8. The molecule has 25 heavy (non-hydrogen) atoms. The number of halogens is 1. The minimum atomic E-state index is -0.437. The van der Waals surface area contributed by atoms with E-state index in [4.69, 9.17) is 18.9 Å². The molecular weight excluding hydrogens is 388 g/mol. The zero-order chi connectivity index (χ0) is 17.4. The number of carbonyl (C=O) groups is 1. The molecule has 0 aliphatic carbocycles. The molecule has 0 N–H and O–H groups in total. The van der Waals surface area contributed by atoms with Gasteiger partial charge in [0.1, 0.15) is 16.0 Å². The fourth-order valence-electron chi connectivity index (χ4n) is 2.76. The number of ether oxygens (including phenoxy) is 4. The molecule has 5 nitrogen and oxygen atoms in total. The number of para-hydroxylation sites is 1. The lowest BCUT2D eigenvalue weighted by molar-refractivity contribution is -0.132. The minimum Gasteiger partial charge on any atom is -0.496 e. The Morgan fingerprint density at radius 2 is 1.92 bits per heavy atom. The van der Waals surface area contributed by atoms with Crippen molar-refractivity contribution < 1.29 is 23.7 Å². The van der Waals surface area contributed by atoms with Crippen molar-refractivity contribution in [3.8, 4) is 17.2 Å². The number of cyclic esters (lactones) is 1. The summed E-state index contributed by atoms with van der Waals surface area (Å²) in [6.45, 7) is 0.211. The summed E-state index contributed by atoms with van der Waals surface area (Å²) in [4.78, 5) is 12.1. The highest BCUT2D eigenvalue weighted by atomic mass is 79.9. The molecule has 2 heterocycles. The van der Waals surface area contributed by atoms with Gasteiger partial charge in [-0.15, -0.1) is 0 Å². The largest absolute Gasteiger partial charge is 0.496 e. The number of methoxy groups -OCH3 is 1. The zero-order valence-electron chi connectivity index (χ0n) is 13.2. The summed E-state index contributed by atoms with van der Waals surface area (Å²) in [6, 6.07) is 13.0. The first-order chi connectivity index (χ1) is 12.2. The second kappa shape index (κ2) is 6.29. The molecule has 6 heteroatoms. The van der Waals surface area contributed by atoms with Gasteiger partial charge in [-0.25, -0.2) is 4.79 Å². The predicted molar refractivity (Wildman–Crippen MR) is 95.5 cm³/mol. The van der Waals surface area contributed by atoms with E-state index in [1.165, 1.54) is 0 Å². The van der Waals surface area contributed by atoms with Crippen LogP contribution in [0.25, 0.3) is 11.6 Å². The number of fused-ring (bicyclic) bond motifs is 1. The Morgan fingerprint density at radius 3 is 2.76 bits per heavy atom. The van der Waals surface area contributed by atoms with E-state index in [1.54, 1.807) is 13.2 Å². The van der Waals surface area contributed by atoms with Gasteiger partial charge in [-0.2, -0.15) is 0 Å². The van der Waals surface area contributed by atoms with Gasteiger partial charge < -0.3 is 18.9 Å². The van der Waals surface area contributed by atoms with Gasteiger partial charge in [-0.3, -0.25) is 0 Å². The second-order valence-corrected chi connectivity index (χ2v) is 6.19. The van der Waals surface area contributed by atoms with Gasteiger partial charge in [0, 0.05) is 11.1 Å². The summed E-state index contributed by atoms with van der Waals surface area (Å²) >= 11 is 3.34. The van der Waals surface area contributed by atoms with Gasteiger partial charge in [0.05, 0.1) is 7.11 Å². The summed E-state index contributed by atoms with van der Waals surface area (Å²) in [5, 5.41) is 0. The van der Waals surface area contributed by atoms with E-state index in [0.717, 1.165) is 11.1 Å². The average Bonchev–Trinajstić information content (AvgIpc) is 3.19. The first-order valence-corrected chi connectivity index (χ1v) is 8.34. The van der Waals surface area contributed by atoms with E-state index in [2.05, 4.69) is 15.9 Å². The number of esters is 1. The van der Waals surface area contributed by atoms with Crippen molar-refractivity contribution in [3.05, 3.63) is 63.8 Å². The Bertz CT molecular complexity index is 929. The molecule has 2 aliphatic rings. The lowest BCUT2D eigenvalue weighted by Crippen LogP contribution is -1.94. The molecule has 0 atom stereocenters. The number of carbonyl (C=O) groups excluding carboxylic acids is 1. The van der Waals surface area contributed by atoms with Crippen LogP contribution in [-0.2, 0) is 9.53 Å². The monoisotopic (exact) mass is 400 g/mol. The van der Waals surface area contributed by atoms with E-state index >= 15 is 0 Å². The third kappa shape index (κ3) is 2.78. The summed E-state index contributed by atoms with van der Waals surface area (Å²) in [7, 11) is 1.59. The Morgan fingerprint density at radius 1 is 1.12 bits per heavy atom. The molecule has 0 saturated carbocycles. The van der Waals surface area contributed by atoms with Crippen LogP contribution in [0.2, 0.25) is 0 Å². The van der Waals surface area contributed by atoms with E-state index in [-0.39, 0.29) is 6.79 Å². The molecule has 2 aromatic rings. The van der Waals surface area contributed by atoms with Gasteiger partial charge in [-0.05, 0) is 45.8 Å². The Balaban J connectivity index is 1.80. The second-order valence-electron chi connectivity index (χ2n) is 5.40. The summed E-state index contributed by atoms with van der Waals surface area (Å²) in [6.07, 6.45) is 1.79. The smallest absolute Gasteiger partial charge is 0.351 e. The average molecular weight is 401 g/mol. The summed E-state index contributed by atoms with van der Waals surface area (Å²) < 4.78 is 21.9. The van der Waals surface area contributed by atoms with Crippen molar-refractivity contribution in [1.82, 2.24) is 0 Å². The standard InChI is InChI=1S/C19H13BrO5/c1-22-13-5-3-2-4-12(13)17-16(25-19(21)18(17)20)9-11-6-7-14-15(8-11)24-10-23-14/h2-9H,10H2,1H3/b16-9-. The molecule has 0 amide bonds. The molecule has 0 unspecified atom stereocenters. The van der Waals surface area contributed by atoms with Gasteiger partial charge in [0.25, 0.3) is 0 Å². The topological polar surface area (TPSA) is 54.0 Å². The molecule has 0 spiro atoms. The fraction of sp³-hybridized carbons (Fsp3) is 0.105. The molecule has 0 radical (unpaired) electrons. The molecule has 0 bridgehead atoms. The number of rotatable bonds is 3. The normalized spacial score (nSPS) is 17.2. The van der Waals surface area contributed by atoms with Crippen LogP contribution in [0.3, 0.4) is 0 Å². The SMILES string of the molecule is COc1ccccc1C1=C(Br)C(=O)O/C1=C\c1ccc2c(c1)OCO2. The van der Waals surface area contributed by atoms with Crippen LogP contribution in [0.4, 0.5) is 0 Å². The molecule has 0 saturated heterocycles. The molecule has 2 aliphatic heterocycles. The van der Waals surface area contributed by atoms with Crippen molar-refractivity contribution in [3.63, 3.8) is 0 Å². The van der Waals surface area contributed by atoms with Gasteiger partial charge in [0.2, 0.25) is 6.79 Å². The first-order valence-electron chi connectivity index (χ1n) is 7.54. The third-order valence-corrected chi connectivity index (χ3v) is 4.64. The maximum Gasteiger partial charge on any atom is 0.351 e. The number of hydrogen-bond donors (Lipinski definition) is 0. The van der Waals surface area contributed by atoms with Crippen LogP contribution >= 0.6 is 15.9 Å². The van der Waals surface area contributed by atoms with Crippen LogP contribution in [0, 0.1) is 0 Å². The van der Waals surface area contributed by atoms with Crippen LogP contribution in [-0.4, -0.2) is 19.9 Å². The van der Waals surface area contributed by atoms with E-state index in [0.29, 0.717) is 33.1 Å². The number of allylic oxidation sites excluding steroid dienone is 1. The summed E-state index contributed by atoms with van der Waals surface area (Å²) in [5.41, 5.74) is 2.26. The molecule has 4 rings (SSSR count). The Kier molecular flexibility index (Phi) is 3.97. The van der Waals surface area contributed by atoms with E-state index < -0.39 is 5.97 Å². The molecule has 0 aromatic heterocycles. The number of hydrogen-bond acceptors (Lipinski definition) is 5. The highest BCUT2D eigenvalue weighted by Gasteiger charge is 2.31. The van der Waals surface area contributed by atoms with Crippen LogP contribution in [0.15, 0.2) is 52.7 Å². The minimum absolute atomic E-state index is 0.211. The quantitative estimate of drug-likeness (QED) is 0.725.